The van der Waals surface area contributed by atoms with E-state index in [1.54, 1.807) is 30.5 Å². The second kappa shape index (κ2) is 11.9. The van der Waals surface area contributed by atoms with Gasteiger partial charge < -0.3 is 20.1 Å². The number of para-hydroxylation sites is 2. The van der Waals surface area contributed by atoms with Crippen LogP contribution in [-0.4, -0.2) is 54.0 Å². The van der Waals surface area contributed by atoms with E-state index in [0.29, 0.717) is 16.9 Å². The zero-order chi connectivity index (χ0) is 30.8. The van der Waals surface area contributed by atoms with Crippen molar-refractivity contribution in [2.45, 2.75) is 12.6 Å². The van der Waals surface area contributed by atoms with Crippen LogP contribution >= 0.6 is 0 Å². The van der Waals surface area contributed by atoms with E-state index in [1.165, 1.54) is 9.80 Å². The van der Waals surface area contributed by atoms with Gasteiger partial charge in [0.1, 0.15) is 12.6 Å². The largest absolute Gasteiger partial charge is 0.378 e. The van der Waals surface area contributed by atoms with Gasteiger partial charge in [0, 0.05) is 54.7 Å². The maximum atomic E-state index is 14.3. The number of nitrogens with zero attached hydrogens (tertiary/aromatic N) is 3. The molecule has 44 heavy (non-hydrogen) atoms. The van der Waals surface area contributed by atoms with Crippen molar-refractivity contribution in [2.24, 2.45) is 0 Å². The van der Waals surface area contributed by atoms with Crippen LogP contribution in [0.2, 0.25) is 0 Å². The second-order valence-corrected chi connectivity index (χ2v) is 10.9. The molecular weight excluding hydrogens is 554 g/mol. The molecule has 2 heterocycles. The Kier molecular flexibility index (Phi) is 7.68. The number of amides is 3. The maximum absolute atomic E-state index is 14.3. The average Bonchev–Trinajstić information content (AvgIpc) is 3.56. The van der Waals surface area contributed by atoms with E-state index >= 15 is 0 Å². The first-order chi connectivity index (χ1) is 21.3. The molecule has 0 fully saturated rings. The molecule has 0 spiro atoms. The Balaban J connectivity index is 1.42. The summed E-state index contributed by atoms with van der Waals surface area (Å²) in [4.78, 5) is 62.2. The highest BCUT2D eigenvalue weighted by molar-refractivity contribution is 6.52. The number of aromatic nitrogens is 1. The van der Waals surface area contributed by atoms with Gasteiger partial charge in [0.2, 0.25) is 5.91 Å². The molecule has 0 unspecified atom stereocenters. The van der Waals surface area contributed by atoms with Gasteiger partial charge in [-0.2, -0.15) is 0 Å². The third kappa shape index (κ3) is 5.43. The minimum atomic E-state index is -1.07. The molecule has 5 aromatic rings. The van der Waals surface area contributed by atoms with Crippen LogP contribution in [-0.2, 0) is 20.9 Å². The van der Waals surface area contributed by atoms with Gasteiger partial charge in [-0.25, -0.2) is 0 Å². The van der Waals surface area contributed by atoms with Crippen LogP contribution in [0.3, 0.4) is 0 Å². The number of carbonyl (C=O) groups is 4. The number of hydrogen-bond acceptors (Lipinski definition) is 5. The van der Waals surface area contributed by atoms with E-state index in [0.717, 1.165) is 22.2 Å². The van der Waals surface area contributed by atoms with Crippen molar-refractivity contribution in [2.75, 3.05) is 35.8 Å². The third-order valence-electron chi connectivity index (χ3n) is 7.82. The van der Waals surface area contributed by atoms with Crippen LogP contribution in [0.4, 0.5) is 17.1 Å². The quantitative estimate of drug-likeness (QED) is 0.232. The molecule has 9 heteroatoms. The number of hydrogen-bond donors (Lipinski definition) is 2. The zero-order valence-corrected chi connectivity index (χ0v) is 24.4. The predicted octanol–water partition coefficient (Wildman–Crippen LogP) is 5.17. The SMILES string of the molecule is CN(C)c1ccc(NC(=O)[C@@H](c2c[nH]c3ccccc23)N(Cc2ccccc2)C(=O)CN2C(=O)C(=O)c3ccccc32)cc1. The van der Waals surface area contributed by atoms with Gasteiger partial charge >= 0.3 is 0 Å². The molecule has 0 radical (unpaired) electrons. The monoisotopic (exact) mass is 585 g/mol. The number of benzene rings is 4. The highest BCUT2D eigenvalue weighted by Crippen LogP contribution is 2.33. The summed E-state index contributed by atoms with van der Waals surface area (Å²) in [5, 5.41) is 3.80. The lowest BCUT2D eigenvalue weighted by atomic mass is 10.0. The van der Waals surface area contributed by atoms with E-state index in [1.807, 2.05) is 97.9 Å². The van der Waals surface area contributed by atoms with Crippen molar-refractivity contribution in [1.82, 2.24) is 9.88 Å². The molecular formula is C35H31N5O4. The molecule has 6 rings (SSSR count). The minimum Gasteiger partial charge on any atom is -0.378 e. The fourth-order valence-corrected chi connectivity index (χ4v) is 5.56. The number of anilines is 3. The molecule has 1 aliphatic rings. The number of ketones is 1. The third-order valence-corrected chi connectivity index (χ3v) is 7.82. The zero-order valence-electron chi connectivity index (χ0n) is 24.4. The standard InChI is InChI=1S/C35H31N5O4/c1-38(2)25-18-16-24(17-19-25)37-34(43)32(28-20-36-29-14-8-6-12-26(28)29)40(21-23-10-4-3-5-11-23)31(41)22-39-30-15-9-7-13-27(30)33(42)35(39)44/h3-20,32,36H,21-22H2,1-2H3,(H,37,43)/t32-/m1/s1. The Morgan fingerprint density at radius 3 is 2.27 bits per heavy atom. The molecule has 0 aliphatic carbocycles. The number of fused-ring (bicyclic) bond motifs is 2. The summed E-state index contributed by atoms with van der Waals surface area (Å²) >= 11 is 0. The molecule has 3 amide bonds. The van der Waals surface area contributed by atoms with Gasteiger partial charge in [-0.05, 0) is 48.0 Å². The first-order valence-corrected chi connectivity index (χ1v) is 14.2. The lowest BCUT2D eigenvalue weighted by molar-refractivity contribution is -0.139. The summed E-state index contributed by atoms with van der Waals surface area (Å²) < 4.78 is 0. The number of Topliss-reactive ketones (excluding diaryl/α,β-unsaturated/α-hetero) is 1. The summed E-state index contributed by atoms with van der Waals surface area (Å²) in [6.45, 7) is -0.313. The van der Waals surface area contributed by atoms with Crippen molar-refractivity contribution in [1.29, 1.82) is 0 Å². The maximum Gasteiger partial charge on any atom is 0.299 e. The van der Waals surface area contributed by atoms with Crippen molar-refractivity contribution < 1.29 is 19.2 Å². The Bertz CT molecular complexity index is 1860. The van der Waals surface area contributed by atoms with E-state index < -0.39 is 36.1 Å². The highest BCUT2D eigenvalue weighted by Gasteiger charge is 2.40. The fourth-order valence-electron chi connectivity index (χ4n) is 5.56. The van der Waals surface area contributed by atoms with Gasteiger partial charge in [-0.1, -0.05) is 60.7 Å². The number of rotatable bonds is 9. The lowest BCUT2D eigenvalue weighted by Crippen LogP contribution is -2.46. The van der Waals surface area contributed by atoms with Crippen LogP contribution in [0.15, 0.2) is 109 Å². The van der Waals surface area contributed by atoms with Crippen molar-refractivity contribution >= 4 is 51.5 Å². The summed E-state index contributed by atoms with van der Waals surface area (Å²) in [5.41, 5.74) is 4.41. The highest BCUT2D eigenvalue weighted by atomic mass is 16.2. The summed E-state index contributed by atoms with van der Waals surface area (Å²) in [7, 11) is 3.87. The molecule has 220 valence electrons. The van der Waals surface area contributed by atoms with Crippen molar-refractivity contribution in [3.05, 3.63) is 126 Å². The predicted molar refractivity (Wildman–Crippen MR) is 171 cm³/mol. The fraction of sp³-hybridized carbons (Fsp3) is 0.143. The molecule has 0 saturated heterocycles. The second-order valence-electron chi connectivity index (χ2n) is 10.9. The topological polar surface area (TPSA) is 106 Å². The van der Waals surface area contributed by atoms with Gasteiger partial charge in [0.15, 0.2) is 0 Å². The van der Waals surface area contributed by atoms with Gasteiger partial charge in [0.05, 0.1) is 11.3 Å². The average molecular weight is 586 g/mol. The van der Waals surface area contributed by atoms with Crippen LogP contribution in [0, 0.1) is 0 Å². The number of H-pyrrole nitrogens is 1. The van der Waals surface area contributed by atoms with Crippen LogP contribution in [0.25, 0.3) is 10.9 Å². The van der Waals surface area contributed by atoms with Gasteiger partial charge in [0.25, 0.3) is 17.6 Å². The van der Waals surface area contributed by atoms with Crippen molar-refractivity contribution in [3.8, 4) is 0 Å². The normalized spacial score (nSPS) is 13.1. The number of nitrogens with one attached hydrogen (secondary N) is 2. The summed E-state index contributed by atoms with van der Waals surface area (Å²) in [6, 6.07) is 29.9. The first kappa shape index (κ1) is 28.4. The Labute approximate surface area is 254 Å². The lowest BCUT2D eigenvalue weighted by Gasteiger charge is -2.32. The summed E-state index contributed by atoms with van der Waals surface area (Å²) in [5.74, 6) is -2.33. The van der Waals surface area contributed by atoms with Gasteiger partial charge in [-0.3, -0.25) is 24.1 Å². The Morgan fingerprint density at radius 2 is 1.52 bits per heavy atom. The minimum absolute atomic E-state index is 0.0917. The van der Waals surface area contributed by atoms with E-state index in [9.17, 15) is 19.2 Å². The van der Waals surface area contributed by atoms with Crippen LogP contribution in [0.5, 0.6) is 0 Å². The number of aromatic amines is 1. The molecule has 1 aliphatic heterocycles. The Morgan fingerprint density at radius 1 is 0.841 bits per heavy atom. The molecule has 0 saturated carbocycles. The van der Waals surface area contributed by atoms with E-state index in [-0.39, 0.29) is 12.1 Å². The van der Waals surface area contributed by atoms with E-state index in [2.05, 4.69) is 10.3 Å². The molecule has 0 bridgehead atoms. The number of carbonyl (C=O) groups excluding carboxylic acids is 4. The van der Waals surface area contributed by atoms with Crippen molar-refractivity contribution in [3.63, 3.8) is 0 Å². The van der Waals surface area contributed by atoms with Crippen LogP contribution in [0.1, 0.15) is 27.5 Å². The molecule has 2 N–H and O–H groups in total. The Hall–Kier alpha value is -5.70. The first-order valence-electron chi connectivity index (χ1n) is 14.2. The van der Waals surface area contributed by atoms with Crippen LogP contribution < -0.4 is 15.1 Å². The smallest absolute Gasteiger partial charge is 0.299 e. The molecule has 1 atom stereocenters. The van der Waals surface area contributed by atoms with Gasteiger partial charge in [-0.15, -0.1) is 0 Å². The molecule has 9 nitrogen and oxygen atoms in total. The van der Waals surface area contributed by atoms with E-state index in [4.69, 9.17) is 0 Å². The molecule has 4 aromatic carbocycles. The summed E-state index contributed by atoms with van der Waals surface area (Å²) in [6.07, 6.45) is 1.75. The molecule has 1 aromatic heterocycles.